The number of benzene rings is 1. The quantitative estimate of drug-likeness (QED) is 0.761. The molecule has 0 saturated carbocycles. The van der Waals surface area contributed by atoms with E-state index in [1.807, 2.05) is 0 Å². The van der Waals surface area contributed by atoms with Crippen LogP contribution in [0.2, 0.25) is 5.02 Å². The lowest BCUT2D eigenvalue weighted by Crippen LogP contribution is -2.26. The van der Waals surface area contributed by atoms with Gasteiger partial charge in [0.2, 0.25) is 5.91 Å². The van der Waals surface area contributed by atoms with Gasteiger partial charge in [0.1, 0.15) is 5.75 Å². The van der Waals surface area contributed by atoms with Crippen LogP contribution in [0.3, 0.4) is 0 Å². The molecule has 1 atom stereocenters. The van der Waals surface area contributed by atoms with Crippen molar-refractivity contribution < 1.29 is 14.6 Å². The van der Waals surface area contributed by atoms with E-state index in [1.54, 1.807) is 12.1 Å². The van der Waals surface area contributed by atoms with Gasteiger partial charge >= 0.3 is 0 Å². The lowest BCUT2D eigenvalue weighted by Gasteiger charge is -2.09. The first-order valence-electron chi connectivity index (χ1n) is 7.51. The molecule has 2 N–H and O–H groups in total. The molecule has 1 aliphatic rings. The van der Waals surface area contributed by atoms with Gasteiger partial charge in [-0.3, -0.25) is 4.79 Å². The molecule has 1 fully saturated rings. The van der Waals surface area contributed by atoms with Crippen LogP contribution in [0.1, 0.15) is 37.7 Å². The highest BCUT2D eigenvalue weighted by atomic mass is 35.5. The summed E-state index contributed by atoms with van der Waals surface area (Å²) in [4.78, 5) is 11.8. The summed E-state index contributed by atoms with van der Waals surface area (Å²) >= 11 is 5.81. The molecule has 0 unspecified atom stereocenters. The van der Waals surface area contributed by atoms with E-state index in [0.717, 1.165) is 31.4 Å². The summed E-state index contributed by atoms with van der Waals surface area (Å²) in [5, 5.41) is 12.5. The number of aromatic hydroxyl groups is 1. The Kier molecular flexibility index (Phi) is 6.33. The largest absolute Gasteiger partial charge is 0.506 e. The first-order valence-corrected chi connectivity index (χ1v) is 7.88. The van der Waals surface area contributed by atoms with Gasteiger partial charge in [-0.1, -0.05) is 17.7 Å². The number of unbranched alkanes of at least 4 members (excludes halogenated alkanes) is 1. The monoisotopic (exact) mass is 311 g/mol. The van der Waals surface area contributed by atoms with Gasteiger partial charge in [-0.25, -0.2) is 0 Å². The van der Waals surface area contributed by atoms with Crippen LogP contribution in [0.5, 0.6) is 5.75 Å². The molecule has 0 aromatic heterocycles. The van der Waals surface area contributed by atoms with Crippen molar-refractivity contribution in [1.82, 2.24) is 5.32 Å². The van der Waals surface area contributed by atoms with E-state index >= 15 is 0 Å². The summed E-state index contributed by atoms with van der Waals surface area (Å²) < 4.78 is 5.56. The summed E-state index contributed by atoms with van der Waals surface area (Å²) in [6.45, 7) is 1.59. The smallest absolute Gasteiger partial charge is 0.224 e. The van der Waals surface area contributed by atoms with Crippen LogP contribution in [0.15, 0.2) is 18.2 Å². The van der Waals surface area contributed by atoms with Crippen molar-refractivity contribution in [2.75, 3.05) is 13.2 Å². The van der Waals surface area contributed by atoms with Gasteiger partial charge in [-0.15, -0.1) is 0 Å². The van der Waals surface area contributed by atoms with E-state index < -0.39 is 0 Å². The summed E-state index contributed by atoms with van der Waals surface area (Å²) in [6.07, 6.45) is 6.21. The molecule has 5 heteroatoms. The minimum absolute atomic E-state index is 0.0196. The topological polar surface area (TPSA) is 58.6 Å². The fourth-order valence-corrected chi connectivity index (χ4v) is 2.71. The average molecular weight is 312 g/mol. The second kappa shape index (κ2) is 8.25. The lowest BCUT2D eigenvalue weighted by molar-refractivity contribution is -0.120. The number of rotatable bonds is 7. The minimum atomic E-state index is -0.0196. The molecule has 116 valence electrons. The molecule has 1 amide bonds. The molecule has 21 heavy (non-hydrogen) atoms. The standard InChI is InChI=1S/C16H22ClNO3/c17-14-10-12(6-7-15(14)19)11-16(20)18-8-2-1-4-13-5-3-9-21-13/h6-7,10,13,19H,1-5,8-9,11H2,(H,18,20)/t13-/m1/s1. The second-order valence-corrected chi connectivity index (χ2v) is 5.85. The highest BCUT2D eigenvalue weighted by Gasteiger charge is 2.14. The van der Waals surface area contributed by atoms with Gasteiger partial charge in [0, 0.05) is 13.2 Å². The van der Waals surface area contributed by atoms with Crippen LogP contribution in [0, 0.1) is 0 Å². The second-order valence-electron chi connectivity index (χ2n) is 5.44. The number of ether oxygens (including phenoxy) is 1. The van der Waals surface area contributed by atoms with Gasteiger partial charge in [-0.05, 0) is 49.8 Å². The zero-order chi connectivity index (χ0) is 15.1. The van der Waals surface area contributed by atoms with Crippen molar-refractivity contribution >= 4 is 17.5 Å². The van der Waals surface area contributed by atoms with E-state index in [0.29, 0.717) is 12.6 Å². The highest BCUT2D eigenvalue weighted by Crippen LogP contribution is 2.23. The van der Waals surface area contributed by atoms with Gasteiger partial charge in [-0.2, -0.15) is 0 Å². The van der Waals surface area contributed by atoms with E-state index in [2.05, 4.69) is 5.32 Å². The third-order valence-electron chi connectivity index (χ3n) is 3.68. The molecule has 0 spiro atoms. The average Bonchev–Trinajstić information content (AvgIpc) is 2.96. The number of nitrogens with one attached hydrogen (secondary N) is 1. The zero-order valence-electron chi connectivity index (χ0n) is 12.1. The number of hydrogen-bond acceptors (Lipinski definition) is 3. The van der Waals surface area contributed by atoms with Crippen molar-refractivity contribution in [1.29, 1.82) is 0 Å². The molecule has 0 bridgehead atoms. The van der Waals surface area contributed by atoms with Crippen LogP contribution >= 0.6 is 11.6 Å². The Labute approximate surface area is 130 Å². The molecule has 1 heterocycles. The zero-order valence-corrected chi connectivity index (χ0v) is 12.9. The maximum atomic E-state index is 11.8. The Balaban J connectivity index is 1.59. The molecule has 1 aromatic rings. The van der Waals surface area contributed by atoms with Gasteiger partial charge in [0.25, 0.3) is 0 Å². The third kappa shape index (κ3) is 5.56. The van der Waals surface area contributed by atoms with E-state index in [4.69, 9.17) is 16.3 Å². The van der Waals surface area contributed by atoms with Crippen molar-refractivity contribution in [3.63, 3.8) is 0 Å². The Morgan fingerprint density at radius 2 is 2.29 bits per heavy atom. The van der Waals surface area contributed by atoms with Crippen molar-refractivity contribution in [3.05, 3.63) is 28.8 Å². The maximum Gasteiger partial charge on any atom is 0.224 e. The number of carbonyl (C=O) groups is 1. The summed E-state index contributed by atoms with van der Waals surface area (Å²) in [6, 6.07) is 4.83. The van der Waals surface area contributed by atoms with Crippen molar-refractivity contribution in [2.24, 2.45) is 0 Å². The normalized spacial score (nSPS) is 17.9. The molecule has 0 aliphatic carbocycles. The summed E-state index contributed by atoms with van der Waals surface area (Å²) in [5.74, 6) is 0.0174. The number of phenolic OH excluding ortho intramolecular Hbond substituents is 1. The number of phenols is 1. The predicted octanol–water partition coefficient (Wildman–Crippen LogP) is 3.05. The molecular formula is C16H22ClNO3. The van der Waals surface area contributed by atoms with Gasteiger partial charge in [0.15, 0.2) is 0 Å². The van der Waals surface area contributed by atoms with E-state index in [9.17, 15) is 9.90 Å². The van der Waals surface area contributed by atoms with Gasteiger partial charge < -0.3 is 15.2 Å². The molecular weight excluding hydrogens is 290 g/mol. The lowest BCUT2D eigenvalue weighted by atomic mass is 10.1. The number of hydrogen-bond donors (Lipinski definition) is 2. The number of carbonyl (C=O) groups excluding carboxylic acids is 1. The molecule has 2 rings (SSSR count). The first kappa shape index (κ1) is 16.1. The minimum Gasteiger partial charge on any atom is -0.506 e. The maximum absolute atomic E-state index is 11.8. The van der Waals surface area contributed by atoms with Crippen molar-refractivity contribution in [3.8, 4) is 5.75 Å². The fourth-order valence-electron chi connectivity index (χ4n) is 2.51. The summed E-state index contributed by atoms with van der Waals surface area (Å²) in [5.41, 5.74) is 0.801. The molecule has 1 aromatic carbocycles. The Morgan fingerprint density at radius 3 is 3.00 bits per heavy atom. The van der Waals surface area contributed by atoms with Crippen LogP contribution in [-0.2, 0) is 16.0 Å². The highest BCUT2D eigenvalue weighted by molar-refractivity contribution is 6.32. The fraction of sp³-hybridized carbons (Fsp3) is 0.562. The van der Waals surface area contributed by atoms with Crippen LogP contribution in [-0.4, -0.2) is 30.3 Å². The third-order valence-corrected chi connectivity index (χ3v) is 3.98. The Morgan fingerprint density at radius 1 is 1.43 bits per heavy atom. The number of halogens is 1. The Hall–Kier alpha value is -1.26. The molecule has 0 radical (unpaired) electrons. The van der Waals surface area contributed by atoms with Crippen LogP contribution in [0.25, 0.3) is 0 Å². The Bertz CT molecular complexity index is 473. The first-order chi connectivity index (χ1) is 10.1. The van der Waals surface area contributed by atoms with Crippen LogP contribution in [0.4, 0.5) is 0 Å². The molecule has 1 aliphatic heterocycles. The van der Waals surface area contributed by atoms with E-state index in [-0.39, 0.29) is 23.1 Å². The number of amides is 1. The molecule has 1 saturated heterocycles. The predicted molar refractivity (Wildman–Crippen MR) is 82.7 cm³/mol. The van der Waals surface area contributed by atoms with Crippen LogP contribution < -0.4 is 5.32 Å². The SMILES string of the molecule is O=C(Cc1ccc(O)c(Cl)c1)NCCCC[C@@H]1CCCO1. The van der Waals surface area contributed by atoms with E-state index in [1.165, 1.54) is 18.9 Å². The van der Waals surface area contributed by atoms with Crippen molar-refractivity contribution in [2.45, 2.75) is 44.6 Å². The summed E-state index contributed by atoms with van der Waals surface area (Å²) in [7, 11) is 0. The van der Waals surface area contributed by atoms with Gasteiger partial charge in [0.05, 0.1) is 17.5 Å². The molecule has 4 nitrogen and oxygen atoms in total.